The van der Waals surface area contributed by atoms with Gasteiger partial charge in [0.2, 0.25) is 5.17 Å². The molecule has 0 N–H and O–H groups in total. The van der Waals surface area contributed by atoms with Crippen LogP contribution in [0.5, 0.6) is 0 Å². The lowest BCUT2D eigenvalue weighted by molar-refractivity contribution is -0.0563. The summed E-state index contributed by atoms with van der Waals surface area (Å²) in [6.07, 6.45) is -0.0142. The van der Waals surface area contributed by atoms with Crippen molar-refractivity contribution < 1.29 is 13.2 Å². The number of hydrogen-bond acceptors (Lipinski definition) is 1. The summed E-state index contributed by atoms with van der Waals surface area (Å²) < 4.78 is 35.8. The van der Waals surface area contributed by atoms with Gasteiger partial charge in [0.1, 0.15) is 0 Å². The predicted molar refractivity (Wildman–Crippen MR) is 46.2 cm³/mol. The molecule has 5 heteroatoms. The maximum absolute atomic E-state index is 11.9. The van der Waals surface area contributed by atoms with Gasteiger partial charge in [0.25, 0.3) is 0 Å². The van der Waals surface area contributed by atoms with Crippen LogP contribution in [0.2, 0.25) is 0 Å². The van der Waals surface area contributed by atoms with Crippen molar-refractivity contribution in [3.63, 3.8) is 0 Å². The molecule has 0 aromatic rings. The lowest BCUT2D eigenvalue weighted by Gasteiger charge is -2.18. The molecule has 1 saturated carbocycles. The zero-order valence-corrected chi connectivity index (χ0v) is 7.83. The summed E-state index contributed by atoms with van der Waals surface area (Å²) >= 11 is 5.02. The third-order valence-electron chi connectivity index (χ3n) is 2.10. The Kier molecular flexibility index (Phi) is 3.59. The van der Waals surface area contributed by atoms with Gasteiger partial charge in [-0.25, -0.2) is 0 Å². The highest BCUT2D eigenvalue weighted by molar-refractivity contribution is 6.66. The van der Waals surface area contributed by atoms with E-state index in [2.05, 4.69) is 4.99 Å². The van der Waals surface area contributed by atoms with E-state index < -0.39 is 11.3 Å². The van der Waals surface area contributed by atoms with E-state index in [0.29, 0.717) is 0 Å². The minimum absolute atomic E-state index is 0.220. The molecule has 1 aliphatic rings. The average molecular weight is 214 g/mol. The third kappa shape index (κ3) is 3.55. The third-order valence-corrected chi connectivity index (χ3v) is 2.42. The maximum Gasteiger partial charge on any atom is 0.444 e. The van der Waals surface area contributed by atoms with Gasteiger partial charge in [0.05, 0.1) is 6.04 Å². The molecule has 13 heavy (non-hydrogen) atoms. The van der Waals surface area contributed by atoms with Crippen LogP contribution in [-0.2, 0) is 0 Å². The topological polar surface area (TPSA) is 12.4 Å². The van der Waals surface area contributed by atoms with Gasteiger partial charge >= 0.3 is 6.18 Å². The predicted octanol–water partition coefficient (Wildman–Crippen LogP) is 3.52. The fourth-order valence-corrected chi connectivity index (χ4v) is 1.58. The van der Waals surface area contributed by atoms with Gasteiger partial charge in [-0.15, -0.1) is 0 Å². The molecule has 1 nitrogen and oxygen atoms in total. The van der Waals surface area contributed by atoms with Crippen LogP contribution in [-0.4, -0.2) is 17.4 Å². The average Bonchev–Trinajstić information content (AvgIpc) is 2.04. The summed E-state index contributed by atoms with van der Waals surface area (Å²) in [7, 11) is 0. The van der Waals surface area contributed by atoms with E-state index in [1.54, 1.807) is 0 Å². The van der Waals surface area contributed by atoms with Gasteiger partial charge in [-0.1, -0.05) is 30.9 Å². The second kappa shape index (κ2) is 4.31. The van der Waals surface area contributed by atoms with E-state index in [4.69, 9.17) is 11.6 Å². The molecular formula is C8H11ClF3N. The van der Waals surface area contributed by atoms with Crippen molar-refractivity contribution in [1.29, 1.82) is 0 Å². The van der Waals surface area contributed by atoms with Crippen molar-refractivity contribution in [1.82, 2.24) is 0 Å². The Balaban J connectivity index is 2.53. The van der Waals surface area contributed by atoms with Crippen LogP contribution in [0.15, 0.2) is 4.99 Å². The summed E-state index contributed by atoms with van der Waals surface area (Å²) in [5.74, 6) is 0. The molecule has 0 amide bonds. The largest absolute Gasteiger partial charge is 0.444 e. The maximum atomic E-state index is 11.9. The first-order valence-corrected chi connectivity index (χ1v) is 4.68. The van der Waals surface area contributed by atoms with Crippen LogP contribution in [0.4, 0.5) is 13.2 Å². The Hall–Kier alpha value is -0.250. The molecule has 1 rings (SSSR count). The van der Waals surface area contributed by atoms with Crippen LogP contribution in [0, 0.1) is 0 Å². The van der Waals surface area contributed by atoms with Gasteiger partial charge in [0.15, 0.2) is 0 Å². The highest BCUT2D eigenvalue weighted by Crippen LogP contribution is 2.25. The normalized spacial score (nSPS) is 22.0. The van der Waals surface area contributed by atoms with Crippen molar-refractivity contribution in [2.24, 2.45) is 4.99 Å². The van der Waals surface area contributed by atoms with Gasteiger partial charge in [0, 0.05) is 0 Å². The molecule has 1 aliphatic carbocycles. The van der Waals surface area contributed by atoms with E-state index >= 15 is 0 Å². The summed E-state index contributed by atoms with van der Waals surface area (Å²) in [4.78, 5) is 3.46. The van der Waals surface area contributed by atoms with Crippen LogP contribution in [0.1, 0.15) is 32.1 Å². The van der Waals surface area contributed by atoms with E-state index in [1.165, 1.54) is 0 Å². The first kappa shape index (κ1) is 10.8. The van der Waals surface area contributed by atoms with Crippen LogP contribution < -0.4 is 0 Å². The quantitative estimate of drug-likeness (QED) is 0.591. The summed E-state index contributed by atoms with van der Waals surface area (Å²) in [6.45, 7) is 0. The SMILES string of the molecule is FC(F)(F)C(Cl)=NC1CCCCC1. The highest BCUT2D eigenvalue weighted by Gasteiger charge is 2.35. The van der Waals surface area contributed by atoms with Gasteiger partial charge < -0.3 is 0 Å². The molecule has 0 radical (unpaired) electrons. The Bertz CT molecular complexity index is 194. The molecule has 76 valence electrons. The summed E-state index contributed by atoms with van der Waals surface area (Å²) in [5, 5.41) is -1.21. The highest BCUT2D eigenvalue weighted by atomic mass is 35.5. The van der Waals surface area contributed by atoms with Crippen molar-refractivity contribution in [3.8, 4) is 0 Å². The zero-order chi connectivity index (χ0) is 9.90. The van der Waals surface area contributed by atoms with Gasteiger partial charge in [-0.2, -0.15) is 13.2 Å². The van der Waals surface area contributed by atoms with Crippen molar-refractivity contribution in [2.75, 3.05) is 0 Å². The molecule has 0 spiro atoms. The second-order valence-electron chi connectivity index (χ2n) is 3.21. The van der Waals surface area contributed by atoms with Crippen LogP contribution in [0.25, 0.3) is 0 Å². The number of halogens is 4. The van der Waals surface area contributed by atoms with Gasteiger partial charge in [-0.05, 0) is 12.8 Å². The second-order valence-corrected chi connectivity index (χ2v) is 3.57. The van der Waals surface area contributed by atoms with Gasteiger partial charge in [-0.3, -0.25) is 4.99 Å². The van der Waals surface area contributed by atoms with E-state index in [0.717, 1.165) is 32.1 Å². The minimum Gasteiger partial charge on any atom is -0.266 e. The molecule has 0 aromatic heterocycles. The summed E-state index contributed by atoms with van der Waals surface area (Å²) in [6, 6.07) is -0.220. The Labute approximate surface area is 80.0 Å². The fourth-order valence-electron chi connectivity index (χ4n) is 1.44. The molecule has 0 heterocycles. The molecule has 0 bridgehead atoms. The molecule has 0 aliphatic heterocycles. The molecular weight excluding hydrogens is 203 g/mol. The molecule has 0 saturated heterocycles. The van der Waals surface area contributed by atoms with Crippen molar-refractivity contribution in [3.05, 3.63) is 0 Å². The zero-order valence-electron chi connectivity index (χ0n) is 7.07. The monoisotopic (exact) mass is 213 g/mol. The minimum atomic E-state index is -4.47. The first-order valence-electron chi connectivity index (χ1n) is 4.30. The number of aliphatic imine (C=N–C) groups is 1. The number of hydrogen-bond donors (Lipinski definition) is 0. The number of alkyl halides is 3. The fraction of sp³-hybridized carbons (Fsp3) is 0.875. The van der Waals surface area contributed by atoms with E-state index in [9.17, 15) is 13.2 Å². The van der Waals surface area contributed by atoms with Crippen molar-refractivity contribution in [2.45, 2.75) is 44.3 Å². The Morgan fingerprint density at radius 2 is 1.69 bits per heavy atom. The lowest BCUT2D eigenvalue weighted by atomic mass is 9.96. The first-order chi connectivity index (χ1) is 6.00. The molecule has 0 aromatic carbocycles. The van der Waals surface area contributed by atoms with Crippen LogP contribution >= 0.6 is 11.6 Å². The summed E-state index contributed by atoms with van der Waals surface area (Å²) in [5.41, 5.74) is 0. The molecule has 0 atom stereocenters. The Morgan fingerprint density at radius 3 is 2.15 bits per heavy atom. The Morgan fingerprint density at radius 1 is 1.15 bits per heavy atom. The van der Waals surface area contributed by atoms with E-state index in [-0.39, 0.29) is 6.04 Å². The number of nitrogens with zero attached hydrogens (tertiary/aromatic N) is 1. The standard InChI is InChI=1S/C8H11ClF3N/c9-7(8(10,11)12)13-6-4-2-1-3-5-6/h6H,1-5H2. The van der Waals surface area contributed by atoms with Crippen molar-refractivity contribution >= 4 is 16.8 Å². The molecule has 1 fully saturated rings. The lowest BCUT2D eigenvalue weighted by Crippen LogP contribution is -2.21. The molecule has 0 unspecified atom stereocenters. The van der Waals surface area contributed by atoms with E-state index in [1.807, 2.05) is 0 Å². The van der Waals surface area contributed by atoms with Crippen LogP contribution in [0.3, 0.4) is 0 Å². The number of rotatable bonds is 1. The smallest absolute Gasteiger partial charge is 0.266 e.